The minimum Gasteiger partial charge on any atom is -0.354 e. The largest absolute Gasteiger partial charge is 0.354 e. The van der Waals surface area contributed by atoms with E-state index in [4.69, 9.17) is 0 Å². The van der Waals surface area contributed by atoms with Gasteiger partial charge >= 0.3 is 0 Å². The Balaban J connectivity index is 1.08. The highest BCUT2D eigenvalue weighted by atomic mass is 16.2. The molecule has 1 aliphatic heterocycles. The van der Waals surface area contributed by atoms with Gasteiger partial charge in [-0.3, -0.25) is 19.2 Å². The van der Waals surface area contributed by atoms with Crippen molar-refractivity contribution < 1.29 is 19.2 Å². The third kappa shape index (κ3) is 9.11. The van der Waals surface area contributed by atoms with Crippen LogP contribution in [0.2, 0.25) is 0 Å². The van der Waals surface area contributed by atoms with Crippen LogP contribution in [0.3, 0.4) is 0 Å². The summed E-state index contributed by atoms with van der Waals surface area (Å²) in [4.78, 5) is 60.3. The standard InChI is InChI=1S/C47H51N5O4/c1-3-25-51(43(54)28-33-13-6-4-7-14-33)31-42(53)48-37-21-19-35(20-22-37)46-45(36-17-10-12-32(2)27-36)39-30-38(23-24-40(39)50-46)49-47(56)41-18-11-26-52(41)44(55)29-34-15-8-5-9-16-34/h4,6-8,10,12-15,17,19-24,27,30,34,41,50H,3,5,9,11,16,18,25-26,28-29,31H2,1-2H3,(H,48,53)(H,49,56). The quantitative estimate of drug-likeness (QED) is 0.104. The number of hydrogen-bond acceptors (Lipinski definition) is 4. The zero-order valence-corrected chi connectivity index (χ0v) is 32.4. The number of carbonyl (C=O) groups is 4. The van der Waals surface area contributed by atoms with E-state index in [-0.39, 0.29) is 42.5 Å². The summed E-state index contributed by atoms with van der Waals surface area (Å²) >= 11 is 0. The number of carbonyl (C=O) groups excluding carboxylic acids is 4. The number of amides is 4. The summed E-state index contributed by atoms with van der Waals surface area (Å²) in [5, 5.41) is 7.08. The number of allylic oxidation sites excluding steroid dienone is 2. The van der Waals surface area contributed by atoms with Gasteiger partial charge in [-0.05, 0) is 98.4 Å². The number of hydrogen-bond donors (Lipinski definition) is 3. The zero-order valence-electron chi connectivity index (χ0n) is 32.4. The van der Waals surface area contributed by atoms with Gasteiger partial charge in [-0.25, -0.2) is 0 Å². The first-order chi connectivity index (χ1) is 27.2. The van der Waals surface area contributed by atoms with E-state index in [1.165, 1.54) is 0 Å². The fourth-order valence-electron chi connectivity index (χ4n) is 8.08. The number of benzene rings is 4. The summed E-state index contributed by atoms with van der Waals surface area (Å²) in [5.74, 6) is -0.167. The van der Waals surface area contributed by atoms with Crippen molar-refractivity contribution in [2.45, 2.75) is 71.3 Å². The molecule has 1 fully saturated rings. The van der Waals surface area contributed by atoms with Crippen LogP contribution in [0.25, 0.3) is 33.3 Å². The third-order valence-corrected chi connectivity index (χ3v) is 10.9. The molecule has 1 aromatic heterocycles. The Labute approximate surface area is 329 Å². The highest BCUT2D eigenvalue weighted by Gasteiger charge is 2.35. The van der Waals surface area contributed by atoms with Crippen LogP contribution in [-0.4, -0.2) is 64.1 Å². The molecule has 7 rings (SSSR count). The van der Waals surface area contributed by atoms with Crippen molar-refractivity contribution >= 4 is 45.9 Å². The van der Waals surface area contributed by atoms with E-state index >= 15 is 0 Å². The summed E-state index contributed by atoms with van der Waals surface area (Å²) in [6.45, 7) is 5.15. The SMILES string of the molecule is CCCN(CC(=O)Nc1ccc(-c2[nH]c3ccc(NC(=O)C4CCCN4C(=O)CC4C=CCCC4)cc3c2-c2cccc(C)c2)cc1)C(=O)Cc1ccccc1. The molecule has 3 N–H and O–H groups in total. The Bertz CT molecular complexity index is 2220. The number of anilines is 2. The zero-order chi connectivity index (χ0) is 39.0. The molecule has 2 atom stereocenters. The molecule has 2 aliphatic rings. The van der Waals surface area contributed by atoms with Gasteiger partial charge < -0.3 is 25.4 Å². The maximum Gasteiger partial charge on any atom is 0.247 e. The van der Waals surface area contributed by atoms with E-state index in [9.17, 15) is 19.2 Å². The van der Waals surface area contributed by atoms with Gasteiger partial charge in [0.2, 0.25) is 23.6 Å². The number of likely N-dealkylation sites (tertiary alicyclic amines) is 1. The van der Waals surface area contributed by atoms with Crippen molar-refractivity contribution in [3.8, 4) is 22.4 Å². The Morgan fingerprint density at radius 2 is 1.64 bits per heavy atom. The van der Waals surface area contributed by atoms with Crippen LogP contribution in [0.5, 0.6) is 0 Å². The number of aromatic nitrogens is 1. The monoisotopic (exact) mass is 749 g/mol. The molecular weight excluding hydrogens is 699 g/mol. The third-order valence-electron chi connectivity index (χ3n) is 10.9. The number of H-pyrrole nitrogens is 1. The fourth-order valence-corrected chi connectivity index (χ4v) is 8.08. The first-order valence-corrected chi connectivity index (χ1v) is 20.0. The molecule has 9 heteroatoms. The van der Waals surface area contributed by atoms with Crippen molar-refractivity contribution in [1.29, 1.82) is 0 Å². The normalized spacial score (nSPS) is 16.5. The minimum atomic E-state index is -0.479. The van der Waals surface area contributed by atoms with Gasteiger partial charge in [-0.2, -0.15) is 0 Å². The minimum absolute atomic E-state index is 0.0210. The highest BCUT2D eigenvalue weighted by Crippen LogP contribution is 2.40. The van der Waals surface area contributed by atoms with Crippen molar-refractivity contribution in [2.24, 2.45) is 5.92 Å². The molecule has 9 nitrogen and oxygen atoms in total. The molecule has 4 aromatic carbocycles. The molecule has 0 spiro atoms. The van der Waals surface area contributed by atoms with Crippen LogP contribution in [-0.2, 0) is 25.6 Å². The lowest BCUT2D eigenvalue weighted by molar-refractivity contribution is -0.137. The van der Waals surface area contributed by atoms with E-state index in [0.29, 0.717) is 37.3 Å². The summed E-state index contributed by atoms with van der Waals surface area (Å²) in [7, 11) is 0. The van der Waals surface area contributed by atoms with E-state index in [2.05, 4.69) is 52.9 Å². The van der Waals surface area contributed by atoms with Crippen LogP contribution in [0, 0.1) is 12.8 Å². The molecule has 1 aliphatic carbocycles. The first-order valence-electron chi connectivity index (χ1n) is 20.0. The fraction of sp³-hybridized carbons (Fsp3) is 0.319. The van der Waals surface area contributed by atoms with Crippen LogP contribution >= 0.6 is 0 Å². The first kappa shape index (κ1) is 38.3. The van der Waals surface area contributed by atoms with E-state index in [1.54, 1.807) is 9.80 Å². The van der Waals surface area contributed by atoms with Crippen LogP contribution < -0.4 is 10.6 Å². The van der Waals surface area contributed by atoms with Gasteiger partial charge in [-0.15, -0.1) is 0 Å². The summed E-state index contributed by atoms with van der Waals surface area (Å²) < 4.78 is 0. The lowest BCUT2D eigenvalue weighted by Crippen LogP contribution is -2.43. The van der Waals surface area contributed by atoms with Crippen molar-refractivity contribution in [3.63, 3.8) is 0 Å². The molecule has 2 heterocycles. The highest BCUT2D eigenvalue weighted by molar-refractivity contribution is 6.07. The second-order valence-corrected chi connectivity index (χ2v) is 15.2. The van der Waals surface area contributed by atoms with Crippen LogP contribution in [0.4, 0.5) is 11.4 Å². The number of nitrogens with one attached hydrogen (secondary N) is 3. The van der Waals surface area contributed by atoms with E-state index in [1.807, 2.05) is 85.8 Å². The van der Waals surface area contributed by atoms with Gasteiger partial charge in [0.15, 0.2) is 0 Å². The molecule has 5 aromatic rings. The molecule has 56 heavy (non-hydrogen) atoms. The summed E-state index contributed by atoms with van der Waals surface area (Å²) in [6.07, 6.45) is 10.5. The predicted octanol–water partition coefficient (Wildman–Crippen LogP) is 8.91. The Morgan fingerprint density at radius 1 is 0.839 bits per heavy atom. The van der Waals surface area contributed by atoms with Crippen molar-refractivity contribution in [1.82, 2.24) is 14.8 Å². The van der Waals surface area contributed by atoms with Gasteiger partial charge in [-0.1, -0.05) is 91.4 Å². The average molecular weight is 750 g/mol. The predicted molar refractivity (Wildman–Crippen MR) is 224 cm³/mol. The van der Waals surface area contributed by atoms with Gasteiger partial charge in [0, 0.05) is 47.4 Å². The number of aryl methyl sites for hydroxylation is 1. The van der Waals surface area contributed by atoms with Gasteiger partial charge in [0.25, 0.3) is 0 Å². The molecular formula is C47H51N5O4. The van der Waals surface area contributed by atoms with Crippen molar-refractivity contribution in [3.05, 3.63) is 120 Å². The lowest BCUT2D eigenvalue weighted by Gasteiger charge is -2.26. The number of rotatable bonds is 13. The van der Waals surface area contributed by atoms with Gasteiger partial charge in [0.05, 0.1) is 18.7 Å². The topological polar surface area (TPSA) is 115 Å². The Hall–Kier alpha value is -5.96. The average Bonchev–Trinajstić information content (AvgIpc) is 3.85. The summed E-state index contributed by atoms with van der Waals surface area (Å²) in [6, 6.07) is 31.0. The molecule has 0 bridgehead atoms. The van der Waals surface area contributed by atoms with Crippen molar-refractivity contribution in [2.75, 3.05) is 30.3 Å². The smallest absolute Gasteiger partial charge is 0.247 e. The maximum atomic E-state index is 13.7. The molecule has 0 saturated carbocycles. The number of nitrogens with zero attached hydrogens (tertiary/aromatic N) is 2. The Morgan fingerprint density at radius 3 is 2.39 bits per heavy atom. The van der Waals surface area contributed by atoms with E-state index < -0.39 is 6.04 Å². The lowest BCUT2D eigenvalue weighted by atomic mass is 9.92. The second-order valence-electron chi connectivity index (χ2n) is 15.2. The molecule has 1 saturated heterocycles. The maximum absolute atomic E-state index is 13.7. The summed E-state index contributed by atoms with van der Waals surface area (Å²) in [5.41, 5.74) is 8.16. The number of fused-ring (bicyclic) bond motifs is 1. The van der Waals surface area contributed by atoms with Crippen LogP contribution in [0.1, 0.15) is 63.0 Å². The van der Waals surface area contributed by atoms with Gasteiger partial charge in [0.1, 0.15) is 6.04 Å². The molecule has 0 radical (unpaired) electrons. The molecule has 288 valence electrons. The molecule has 4 amide bonds. The van der Waals surface area contributed by atoms with Crippen LogP contribution in [0.15, 0.2) is 109 Å². The Kier molecular flexibility index (Phi) is 12.1. The number of aromatic amines is 1. The van der Waals surface area contributed by atoms with E-state index in [0.717, 1.165) is 76.5 Å². The molecule has 2 unspecified atom stereocenters. The second kappa shape index (κ2) is 17.7.